The molecule has 104 valence electrons. The van der Waals surface area contributed by atoms with Gasteiger partial charge in [-0.25, -0.2) is 0 Å². The van der Waals surface area contributed by atoms with Crippen molar-refractivity contribution in [3.05, 3.63) is 29.3 Å². The van der Waals surface area contributed by atoms with Crippen molar-refractivity contribution in [2.45, 2.75) is 12.5 Å². The average molecular weight is 287 g/mol. The molecule has 0 saturated heterocycles. The van der Waals surface area contributed by atoms with Crippen LogP contribution in [0.2, 0.25) is 5.02 Å². The number of benzene rings is 1. The van der Waals surface area contributed by atoms with Gasteiger partial charge in [0.15, 0.2) is 0 Å². The standard InChI is InChI=1S/C12H15ClN2O4/c13-8-1-3-9(4-2-8)15-12(19)10(7-11(17)18)14-5-6-16/h1-4,10,14,16H,5-7H2,(H,15,19)(H,17,18). The van der Waals surface area contributed by atoms with E-state index in [1.807, 2.05) is 0 Å². The molecule has 0 radical (unpaired) electrons. The Kier molecular flexibility index (Phi) is 6.27. The molecule has 1 rings (SSSR count). The van der Waals surface area contributed by atoms with Crippen LogP contribution in [-0.4, -0.2) is 41.3 Å². The molecule has 1 aromatic carbocycles. The number of aliphatic carboxylic acids is 1. The van der Waals surface area contributed by atoms with E-state index in [4.69, 9.17) is 21.8 Å². The van der Waals surface area contributed by atoms with E-state index in [1.54, 1.807) is 24.3 Å². The zero-order chi connectivity index (χ0) is 14.3. The van der Waals surface area contributed by atoms with Gasteiger partial charge in [0, 0.05) is 17.3 Å². The number of aliphatic hydroxyl groups is 1. The minimum Gasteiger partial charge on any atom is -0.481 e. The monoisotopic (exact) mass is 286 g/mol. The van der Waals surface area contributed by atoms with Crippen LogP contribution in [0, 0.1) is 0 Å². The number of carbonyl (C=O) groups excluding carboxylic acids is 1. The number of carboxylic acid groups (broad SMARTS) is 1. The highest BCUT2D eigenvalue weighted by atomic mass is 35.5. The summed E-state index contributed by atoms with van der Waals surface area (Å²) in [6, 6.07) is 5.56. The molecular formula is C12H15ClN2O4. The van der Waals surface area contributed by atoms with Crippen LogP contribution in [0.5, 0.6) is 0 Å². The fourth-order valence-corrected chi connectivity index (χ4v) is 1.56. The van der Waals surface area contributed by atoms with Crippen LogP contribution < -0.4 is 10.6 Å². The number of nitrogens with one attached hydrogen (secondary N) is 2. The molecule has 6 nitrogen and oxygen atoms in total. The van der Waals surface area contributed by atoms with E-state index in [9.17, 15) is 9.59 Å². The van der Waals surface area contributed by atoms with Crippen LogP contribution >= 0.6 is 11.6 Å². The number of carbonyl (C=O) groups is 2. The van der Waals surface area contributed by atoms with Crippen molar-refractivity contribution in [1.29, 1.82) is 0 Å². The Labute approximate surface area is 115 Å². The largest absolute Gasteiger partial charge is 0.481 e. The second-order valence-corrected chi connectivity index (χ2v) is 4.26. The van der Waals surface area contributed by atoms with Gasteiger partial charge in [-0.05, 0) is 24.3 Å². The van der Waals surface area contributed by atoms with Crippen LogP contribution in [0.15, 0.2) is 24.3 Å². The van der Waals surface area contributed by atoms with Gasteiger partial charge in [-0.3, -0.25) is 9.59 Å². The Bertz CT molecular complexity index is 436. The van der Waals surface area contributed by atoms with E-state index in [0.29, 0.717) is 10.7 Å². The molecule has 19 heavy (non-hydrogen) atoms. The van der Waals surface area contributed by atoms with Gasteiger partial charge < -0.3 is 20.8 Å². The first-order chi connectivity index (χ1) is 9.02. The molecular weight excluding hydrogens is 272 g/mol. The maximum absolute atomic E-state index is 11.9. The Balaban J connectivity index is 2.64. The molecule has 0 aliphatic rings. The van der Waals surface area contributed by atoms with E-state index >= 15 is 0 Å². The molecule has 1 aromatic rings. The van der Waals surface area contributed by atoms with Gasteiger partial charge in [0.1, 0.15) is 0 Å². The Morgan fingerprint density at radius 3 is 2.42 bits per heavy atom. The van der Waals surface area contributed by atoms with Gasteiger partial charge in [0.25, 0.3) is 0 Å². The van der Waals surface area contributed by atoms with E-state index in [2.05, 4.69) is 10.6 Å². The highest BCUT2D eigenvalue weighted by Crippen LogP contribution is 2.13. The van der Waals surface area contributed by atoms with Crippen LogP contribution in [-0.2, 0) is 9.59 Å². The lowest BCUT2D eigenvalue weighted by molar-refractivity contribution is -0.139. The normalized spacial score (nSPS) is 11.9. The number of hydrogen-bond acceptors (Lipinski definition) is 4. The first kappa shape index (κ1) is 15.4. The zero-order valence-electron chi connectivity index (χ0n) is 10.1. The molecule has 1 amide bonds. The molecule has 0 heterocycles. The first-order valence-corrected chi connectivity index (χ1v) is 6.03. The lowest BCUT2D eigenvalue weighted by Gasteiger charge is -2.16. The zero-order valence-corrected chi connectivity index (χ0v) is 10.9. The van der Waals surface area contributed by atoms with Crippen molar-refractivity contribution in [2.24, 2.45) is 0 Å². The minimum atomic E-state index is -1.10. The molecule has 0 bridgehead atoms. The summed E-state index contributed by atoms with van der Waals surface area (Å²) in [5.74, 6) is -1.57. The molecule has 0 spiro atoms. The minimum absolute atomic E-state index is 0.145. The fourth-order valence-electron chi connectivity index (χ4n) is 1.43. The predicted molar refractivity (Wildman–Crippen MR) is 71.2 cm³/mol. The maximum atomic E-state index is 11.9. The van der Waals surface area contributed by atoms with E-state index in [0.717, 1.165) is 0 Å². The van der Waals surface area contributed by atoms with Crippen molar-refractivity contribution in [2.75, 3.05) is 18.5 Å². The van der Waals surface area contributed by atoms with Crippen molar-refractivity contribution in [1.82, 2.24) is 5.32 Å². The third-order valence-electron chi connectivity index (χ3n) is 2.31. The number of rotatable bonds is 7. The van der Waals surface area contributed by atoms with Gasteiger partial charge in [-0.1, -0.05) is 11.6 Å². The number of carboxylic acids is 1. The van der Waals surface area contributed by atoms with Crippen LogP contribution in [0.3, 0.4) is 0 Å². The molecule has 0 saturated carbocycles. The van der Waals surface area contributed by atoms with Crippen molar-refractivity contribution in [3.8, 4) is 0 Å². The summed E-state index contributed by atoms with van der Waals surface area (Å²) < 4.78 is 0. The number of anilines is 1. The predicted octanol–water partition coefficient (Wildman–Crippen LogP) is 0.704. The Morgan fingerprint density at radius 1 is 1.26 bits per heavy atom. The second kappa shape index (κ2) is 7.73. The van der Waals surface area contributed by atoms with Crippen LogP contribution in [0.25, 0.3) is 0 Å². The summed E-state index contributed by atoms with van der Waals surface area (Å²) in [7, 11) is 0. The molecule has 4 N–H and O–H groups in total. The number of halogens is 1. The highest BCUT2D eigenvalue weighted by molar-refractivity contribution is 6.30. The lowest BCUT2D eigenvalue weighted by atomic mass is 10.2. The van der Waals surface area contributed by atoms with Crippen LogP contribution in [0.4, 0.5) is 5.69 Å². The topological polar surface area (TPSA) is 98.7 Å². The summed E-state index contributed by atoms with van der Waals surface area (Å²) in [4.78, 5) is 22.6. The van der Waals surface area contributed by atoms with E-state index in [1.165, 1.54) is 0 Å². The Morgan fingerprint density at radius 2 is 1.89 bits per heavy atom. The molecule has 0 aliphatic heterocycles. The highest BCUT2D eigenvalue weighted by Gasteiger charge is 2.20. The summed E-state index contributed by atoms with van der Waals surface area (Å²) in [5, 5.41) is 23.2. The lowest BCUT2D eigenvalue weighted by Crippen LogP contribution is -2.43. The Hall–Kier alpha value is -1.63. The molecule has 1 unspecified atom stereocenters. The summed E-state index contributed by atoms with van der Waals surface area (Å²) >= 11 is 5.72. The average Bonchev–Trinajstić information content (AvgIpc) is 2.36. The summed E-state index contributed by atoms with van der Waals surface area (Å²) in [5.41, 5.74) is 0.524. The van der Waals surface area contributed by atoms with Crippen molar-refractivity contribution in [3.63, 3.8) is 0 Å². The maximum Gasteiger partial charge on any atom is 0.305 e. The van der Waals surface area contributed by atoms with Gasteiger partial charge in [-0.15, -0.1) is 0 Å². The second-order valence-electron chi connectivity index (χ2n) is 3.82. The fraction of sp³-hybridized carbons (Fsp3) is 0.333. The summed E-state index contributed by atoms with van der Waals surface area (Å²) in [6.45, 7) is -0.0314. The smallest absolute Gasteiger partial charge is 0.305 e. The molecule has 7 heteroatoms. The van der Waals surface area contributed by atoms with Gasteiger partial charge >= 0.3 is 5.97 Å². The van der Waals surface area contributed by atoms with Gasteiger partial charge in [0.05, 0.1) is 19.1 Å². The van der Waals surface area contributed by atoms with Gasteiger partial charge in [0.2, 0.25) is 5.91 Å². The summed E-state index contributed by atoms with van der Waals surface area (Å²) in [6.07, 6.45) is -0.362. The van der Waals surface area contributed by atoms with E-state index < -0.39 is 17.9 Å². The van der Waals surface area contributed by atoms with E-state index in [-0.39, 0.29) is 19.6 Å². The first-order valence-electron chi connectivity index (χ1n) is 5.65. The third kappa shape index (κ3) is 5.69. The van der Waals surface area contributed by atoms with Crippen LogP contribution in [0.1, 0.15) is 6.42 Å². The molecule has 0 aliphatic carbocycles. The number of aliphatic hydroxyl groups excluding tert-OH is 1. The van der Waals surface area contributed by atoms with Crippen molar-refractivity contribution < 1.29 is 19.8 Å². The third-order valence-corrected chi connectivity index (χ3v) is 2.56. The molecule has 0 aromatic heterocycles. The quantitative estimate of drug-likeness (QED) is 0.591. The number of amides is 1. The van der Waals surface area contributed by atoms with Crippen molar-refractivity contribution >= 4 is 29.2 Å². The SMILES string of the molecule is O=C(O)CC(NCCO)C(=O)Nc1ccc(Cl)cc1. The molecule has 1 atom stereocenters. The molecule has 0 fully saturated rings. The van der Waals surface area contributed by atoms with Gasteiger partial charge in [-0.2, -0.15) is 0 Å². The number of hydrogen-bond donors (Lipinski definition) is 4.